The molecule has 7 heavy (non-hydrogen) atoms. The van der Waals surface area contributed by atoms with Crippen LogP contribution in [-0.2, 0) is 25.2 Å². The van der Waals surface area contributed by atoms with E-state index in [1.807, 2.05) is 0 Å². The van der Waals surface area contributed by atoms with Gasteiger partial charge in [0, 0.05) is 20.4 Å². The number of ketones is 1. The Hall–Kier alpha value is -0.798. The van der Waals surface area contributed by atoms with Crippen molar-refractivity contribution in [2.75, 3.05) is 0 Å². The van der Waals surface area contributed by atoms with Gasteiger partial charge in [-0.15, -0.1) is 0 Å². The summed E-state index contributed by atoms with van der Waals surface area (Å²) >= 11 is 0. The second-order valence-corrected chi connectivity index (χ2v) is 0.899. The van der Waals surface area contributed by atoms with Crippen LogP contribution >= 0.6 is 0 Å². The van der Waals surface area contributed by atoms with Gasteiger partial charge in [-0.3, -0.25) is 0 Å². The molecule has 0 aliphatic heterocycles. The summed E-state index contributed by atoms with van der Waals surface area (Å²) in [5.41, 5.74) is 0. The molecule has 0 aromatic rings. The summed E-state index contributed by atoms with van der Waals surface area (Å²) in [5, 5.41) is 0. The van der Waals surface area contributed by atoms with Crippen LogP contribution in [-0.4, -0.2) is 5.78 Å². The predicted octanol–water partition coefficient (Wildman–Crippen LogP) is 0.797. The molecule has 0 aromatic carbocycles. The molecule has 0 heterocycles. The largest absolute Gasteiger partial charge is 0.335 e. The number of hydrogen-bond donors (Lipinski definition) is 0. The second-order valence-electron chi connectivity index (χ2n) is 0.899. The van der Waals surface area contributed by atoms with Gasteiger partial charge < -0.3 is 11.2 Å². The van der Waals surface area contributed by atoms with E-state index in [0.29, 0.717) is 0 Å². The maximum absolute atomic E-state index is 9.76. The summed E-state index contributed by atoms with van der Waals surface area (Å²) in [6.45, 7) is 3.25. The first kappa shape index (κ1) is 16.4. The monoisotopic (exact) mass is 525 g/mol. The fraction of sp³-hybridized carbons (Fsp3) is 0.500. The van der Waals surface area contributed by atoms with E-state index in [1.54, 1.807) is 6.92 Å². The molecule has 0 atom stereocenters. The fourth-order valence-electron chi connectivity index (χ4n) is 0. The minimum absolute atomic E-state index is 0. The molecule has 0 rings (SSSR count). The molecule has 0 aliphatic rings. The molecule has 0 aromatic heterocycles. The second kappa shape index (κ2) is 8.96. The van der Waals surface area contributed by atoms with E-state index >= 15 is 0 Å². The van der Waals surface area contributed by atoms with Gasteiger partial charge in [0.2, 0.25) is 0 Å². The fourth-order valence-corrected chi connectivity index (χ4v) is 0. The number of Topliss-reactive ketones (excluding diaryl/α,β-unsaturated/α-hetero) is 1. The van der Waals surface area contributed by atoms with E-state index in [9.17, 15) is 4.79 Å². The first-order valence-electron chi connectivity index (χ1n) is 1.57. The summed E-state index contributed by atoms with van der Waals surface area (Å²) in [6.07, 6.45) is 1.53. The summed E-state index contributed by atoms with van der Waals surface area (Å²) < 4.78 is 0. The number of carbonyl (C=O) groups is 1. The van der Waals surface area contributed by atoms with Crippen LogP contribution in [0.2, 0.25) is 0 Å². The van der Waals surface area contributed by atoms with Gasteiger partial charge in [-0.1, -0.05) is 0 Å². The molecule has 0 fully saturated rings. The molecule has 0 aliphatic carbocycles. The molecule has 1 nitrogen and oxygen atoms in total. The molecule has 3 heteroatoms. The molecule has 0 N–H and O–H groups in total. The van der Waals surface area contributed by atoms with Crippen LogP contribution in [0.3, 0.4) is 0 Å². The molecule has 0 saturated heterocycles. The Labute approximate surface area is 51.8 Å². The van der Waals surface area contributed by atoms with E-state index in [0.717, 1.165) is 0 Å². The van der Waals surface area contributed by atoms with Crippen LogP contribution in [0.5, 0.6) is 0 Å². The molecule has 0 unspecified atom stereocenters. The Morgan fingerprint density at radius 2 is 1.71 bits per heavy atom. The van der Waals surface area contributed by atoms with Crippen LogP contribution in [0, 0.1) is 6.42 Å². The average Bonchev–Trinajstić information content (AvgIpc) is 1.38. The van der Waals surface area contributed by atoms with E-state index in [-0.39, 0.29) is 26.2 Å². The van der Waals surface area contributed by atoms with Gasteiger partial charge in [-0.2, -0.15) is 6.92 Å². The molecular formula is C4H7OReRf-. The van der Waals surface area contributed by atoms with Crippen LogP contribution in [0.15, 0.2) is 0 Å². The number of carbonyl (C=O) groups excluding carboxylic acids is 1. The van der Waals surface area contributed by atoms with Gasteiger partial charge in [0.25, 0.3) is 0 Å². The van der Waals surface area contributed by atoms with E-state index < -0.39 is 0 Å². The molecule has 0 bridgehead atoms. The predicted molar refractivity (Wildman–Crippen MR) is 20.7 cm³/mol. The van der Waals surface area contributed by atoms with Crippen molar-refractivity contribution in [1.29, 1.82) is 0 Å². The van der Waals surface area contributed by atoms with E-state index in [4.69, 9.17) is 0 Å². The quantitative estimate of drug-likeness (QED) is 0.465. The third kappa shape index (κ3) is 36.9. The SMILES string of the molecule is C[CH-]C(C)=O.[Re].[Rf]. The zero-order chi connectivity index (χ0) is 4.28. The van der Waals surface area contributed by atoms with Crippen molar-refractivity contribution >= 4 is 5.78 Å². The first-order valence-corrected chi connectivity index (χ1v) is 1.57. The third-order valence-electron chi connectivity index (χ3n) is 0.407. The smallest absolute Gasteiger partial charge is 0 e. The first-order chi connectivity index (χ1) is 2.27. The van der Waals surface area contributed by atoms with Crippen molar-refractivity contribution in [3.05, 3.63) is 6.42 Å². The maximum Gasteiger partial charge on any atom is 0 e. The van der Waals surface area contributed by atoms with Crippen LogP contribution < -0.4 is 0 Å². The Morgan fingerprint density at radius 3 is 1.71 bits per heavy atom. The number of hydrogen-bond acceptors (Lipinski definition) is 1. The molecule has 1 radical (unpaired) electrons. The van der Waals surface area contributed by atoms with Gasteiger partial charge in [0.15, 0.2) is 0 Å². The maximum atomic E-state index is 9.76. The van der Waals surface area contributed by atoms with Crippen molar-refractivity contribution in [3.63, 3.8) is 0 Å². The Bertz CT molecular complexity index is 47.0. The molecule has 0 saturated carbocycles. The average molecular weight is 524 g/mol. The van der Waals surface area contributed by atoms with E-state index in [2.05, 4.69) is 0 Å². The van der Waals surface area contributed by atoms with Crippen LogP contribution in [0.4, 0.5) is 0 Å². The third-order valence-corrected chi connectivity index (χ3v) is 0.407. The Balaban J connectivity index is -0.0000000800. The van der Waals surface area contributed by atoms with E-state index in [1.165, 1.54) is 13.3 Å². The molecular weight excluding hydrogens is 517 g/mol. The normalized spacial score (nSPS) is 4.86. The summed E-state index contributed by atoms with van der Waals surface area (Å²) in [5.74, 6) is 0.130. The van der Waals surface area contributed by atoms with Crippen molar-refractivity contribution in [1.82, 2.24) is 0 Å². The summed E-state index contributed by atoms with van der Waals surface area (Å²) in [6, 6.07) is 0. The summed E-state index contributed by atoms with van der Waals surface area (Å²) in [7, 11) is 0. The Kier molecular flexibility index (Phi) is 20.9. The molecule has 0 spiro atoms. The topological polar surface area (TPSA) is 17.1 Å². The van der Waals surface area contributed by atoms with Crippen LogP contribution in [0.25, 0.3) is 0 Å². The summed E-state index contributed by atoms with van der Waals surface area (Å²) in [4.78, 5) is 9.76. The Morgan fingerprint density at radius 1 is 1.57 bits per heavy atom. The van der Waals surface area contributed by atoms with Crippen molar-refractivity contribution in [2.24, 2.45) is 0 Å². The van der Waals surface area contributed by atoms with Crippen molar-refractivity contribution in [2.45, 2.75) is 13.8 Å². The van der Waals surface area contributed by atoms with Gasteiger partial charge >= 0.3 is 0 Å². The minimum atomic E-state index is 0. The van der Waals surface area contributed by atoms with Gasteiger partial charge in [0.1, 0.15) is 0 Å². The molecule has 39 valence electrons. The standard InChI is InChI=1S/C4H7O.Re.Rf/c1-3-4(2)5;;/h3H,1-2H3;;/q-1;;. The van der Waals surface area contributed by atoms with Gasteiger partial charge in [0.05, 0.1) is 0 Å². The number of rotatable bonds is 1. The molecule has 0 amide bonds. The van der Waals surface area contributed by atoms with Crippen molar-refractivity contribution < 1.29 is 25.2 Å². The zero-order valence-corrected chi connectivity index (χ0v) is 13.7. The van der Waals surface area contributed by atoms with Gasteiger partial charge in [-0.05, 0) is 12.7 Å². The van der Waals surface area contributed by atoms with Gasteiger partial charge in [-0.25, -0.2) is 0 Å². The van der Waals surface area contributed by atoms with Crippen LogP contribution in [0.1, 0.15) is 13.8 Å². The zero-order valence-electron chi connectivity index (χ0n) is 4.57. The minimum Gasteiger partial charge on any atom is -0.335 e. The van der Waals surface area contributed by atoms with Crippen molar-refractivity contribution in [3.8, 4) is 0 Å².